The topological polar surface area (TPSA) is 133 Å². The molecule has 46 heavy (non-hydrogen) atoms. The Morgan fingerprint density at radius 1 is 0.891 bits per heavy atom. The van der Waals surface area contributed by atoms with Gasteiger partial charge < -0.3 is 15.7 Å². The molecule has 3 aliphatic rings. The molecule has 9 nitrogen and oxygen atoms in total. The van der Waals surface area contributed by atoms with E-state index in [0.717, 1.165) is 42.4 Å². The number of carboxylic acids is 1. The van der Waals surface area contributed by atoms with Crippen LogP contribution in [0.1, 0.15) is 98.6 Å². The summed E-state index contributed by atoms with van der Waals surface area (Å²) in [6, 6.07) is 19.9. The molecule has 0 saturated heterocycles. The van der Waals surface area contributed by atoms with Crippen LogP contribution in [0.4, 0.5) is 5.69 Å². The summed E-state index contributed by atoms with van der Waals surface area (Å²) in [7, 11) is 0. The molecule has 0 aromatic heterocycles. The van der Waals surface area contributed by atoms with E-state index in [1.165, 1.54) is 23.3 Å². The van der Waals surface area contributed by atoms with Gasteiger partial charge in [-0.15, -0.1) is 0 Å². The number of rotatable bonds is 12. The maximum absolute atomic E-state index is 13.9. The van der Waals surface area contributed by atoms with Gasteiger partial charge in [0, 0.05) is 24.3 Å². The van der Waals surface area contributed by atoms with Gasteiger partial charge in [-0.2, -0.15) is 0 Å². The summed E-state index contributed by atoms with van der Waals surface area (Å²) in [5, 5.41) is 14.4. The summed E-state index contributed by atoms with van der Waals surface area (Å²) in [6.45, 7) is 0.470. The lowest BCUT2D eigenvalue weighted by atomic mass is 9.88. The Morgan fingerprint density at radius 2 is 1.63 bits per heavy atom. The summed E-state index contributed by atoms with van der Waals surface area (Å²) in [6.07, 6.45) is 9.01. The highest BCUT2D eigenvalue weighted by molar-refractivity contribution is 6.22. The normalized spacial score (nSPS) is 16.4. The number of benzene rings is 3. The molecule has 0 spiro atoms. The largest absolute Gasteiger partial charge is 0.481 e. The summed E-state index contributed by atoms with van der Waals surface area (Å²) < 4.78 is 0. The standard InChI is InChI=1S/C37H37N3O6/c41-33(42)18-19-38-34(43)28-10-8-23(9-11-28)20-31(27-14-12-26(13-15-27)25-4-2-1-3-5-25)35(44)39-29-16-17-30-32(21-29)37(46)40(36(30)45)22-24-6-7-24/h4,8-17,21,24,31H,1-3,5-7,18-20,22H2,(H,38,43)(H,39,44)(H,41,42). The predicted octanol–water partition coefficient (Wildman–Crippen LogP) is 5.82. The van der Waals surface area contributed by atoms with Gasteiger partial charge in [0.05, 0.1) is 23.5 Å². The molecule has 4 amide bonds. The van der Waals surface area contributed by atoms with E-state index in [9.17, 15) is 24.0 Å². The van der Waals surface area contributed by atoms with E-state index in [1.807, 2.05) is 12.1 Å². The first-order valence-electron chi connectivity index (χ1n) is 16.0. The number of hydrogen-bond acceptors (Lipinski definition) is 5. The Labute approximate surface area is 267 Å². The second-order valence-electron chi connectivity index (χ2n) is 12.4. The number of fused-ring (bicyclic) bond motifs is 1. The molecule has 1 aliphatic heterocycles. The van der Waals surface area contributed by atoms with Crippen molar-refractivity contribution in [2.24, 2.45) is 5.92 Å². The zero-order valence-electron chi connectivity index (χ0n) is 25.6. The number of allylic oxidation sites excluding steroid dienone is 2. The first kappa shape index (κ1) is 31.0. The summed E-state index contributed by atoms with van der Waals surface area (Å²) in [4.78, 5) is 64.3. The van der Waals surface area contributed by atoms with Gasteiger partial charge in [0.15, 0.2) is 0 Å². The molecular formula is C37H37N3O6. The van der Waals surface area contributed by atoms with Crippen LogP contribution in [-0.4, -0.2) is 52.7 Å². The van der Waals surface area contributed by atoms with Gasteiger partial charge in [-0.1, -0.05) is 42.5 Å². The highest BCUT2D eigenvalue weighted by Gasteiger charge is 2.39. The van der Waals surface area contributed by atoms with Gasteiger partial charge in [0.2, 0.25) is 5.91 Å². The third-order valence-electron chi connectivity index (χ3n) is 8.95. The van der Waals surface area contributed by atoms with Gasteiger partial charge in [0.1, 0.15) is 0 Å². The van der Waals surface area contributed by atoms with E-state index in [1.54, 1.807) is 42.5 Å². The molecule has 0 bridgehead atoms. The monoisotopic (exact) mass is 619 g/mol. The lowest BCUT2D eigenvalue weighted by molar-refractivity contribution is -0.136. The first-order chi connectivity index (χ1) is 22.3. The number of nitrogens with zero attached hydrogens (tertiary/aromatic N) is 1. The van der Waals surface area contributed by atoms with Crippen molar-refractivity contribution >= 4 is 40.9 Å². The molecule has 1 unspecified atom stereocenters. The highest BCUT2D eigenvalue weighted by Crippen LogP contribution is 2.34. The predicted molar refractivity (Wildman–Crippen MR) is 174 cm³/mol. The second-order valence-corrected chi connectivity index (χ2v) is 12.4. The number of nitrogens with one attached hydrogen (secondary N) is 2. The second kappa shape index (κ2) is 13.5. The molecule has 3 aromatic carbocycles. The van der Waals surface area contributed by atoms with Crippen molar-refractivity contribution in [3.05, 3.63) is 106 Å². The molecule has 6 rings (SSSR count). The summed E-state index contributed by atoms with van der Waals surface area (Å²) >= 11 is 0. The maximum atomic E-state index is 13.9. The minimum Gasteiger partial charge on any atom is -0.481 e. The fraction of sp³-hybridized carbons (Fsp3) is 0.324. The van der Waals surface area contributed by atoms with E-state index < -0.39 is 11.9 Å². The van der Waals surface area contributed by atoms with Crippen molar-refractivity contribution in [3.8, 4) is 0 Å². The zero-order valence-corrected chi connectivity index (χ0v) is 25.6. The van der Waals surface area contributed by atoms with Crippen LogP contribution < -0.4 is 10.6 Å². The third-order valence-corrected chi connectivity index (χ3v) is 8.95. The fourth-order valence-electron chi connectivity index (χ4n) is 6.13. The third kappa shape index (κ3) is 7.09. The Kier molecular flexibility index (Phi) is 9.10. The van der Waals surface area contributed by atoms with Crippen LogP contribution in [0.25, 0.3) is 5.57 Å². The molecule has 1 fully saturated rings. The maximum Gasteiger partial charge on any atom is 0.305 e. The molecule has 3 aromatic rings. The van der Waals surface area contributed by atoms with E-state index in [-0.39, 0.29) is 36.6 Å². The van der Waals surface area contributed by atoms with Crippen molar-refractivity contribution < 1.29 is 29.1 Å². The number of carbonyl (C=O) groups is 5. The molecule has 1 atom stereocenters. The number of anilines is 1. The van der Waals surface area contributed by atoms with Crippen molar-refractivity contribution in [2.75, 3.05) is 18.4 Å². The minimum absolute atomic E-state index is 0.0338. The van der Waals surface area contributed by atoms with Crippen molar-refractivity contribution in [3.63, 3.8) is 0 Å². The molecule has 1 heterocycles. The van der Waals surface area contributed by atoms with Gasteiger partial charge >= 0.3 is 5.97 Å². The number of imide groups is 1. The van der Waals surface area contributed by atoms with Crippen molar-refractivity contribution in [2.45, 2.75) is 57.3 Å². The van der Waals surface area contributed by atoms with Gasteiger partial charge in [-0.25, -0.2) is 0 Å². The average Bonchev–Trinajstić information content (AvgIpc) is 3.87. The molecule has 0 radical (unpaired) electrons. The van der Waals surface area contributed by atoms with E-state index in [4.69, 9.17) is 5.11 Å². The minimum atomic E-state index is -0.987. The van der Waals surface area contributed by atoms with E-state index >= 15 is 0 Å². The number of hydrogen-bond donors (Lipinski definition) is 3. The van der Waals surface area contributed by atoms with Crippen LogP contribution in [0.15, 0.2) is 72.8 Å². The van der Waals surface area contributed by atoms with Crippen LogP contribution in [0, 0.1) is 5.92 Å². The molecule has 3 N–H and O–H groups in total. The van der Waals surface area contributed by atoms with Gasteiger partial charge in [-0.3, -0.25) is 28.9 Å². The lowest BCUT2D eigenvalue weighted by Crippen LogP contribution is -2.31. The van der Waals surface area contributed by atoms with Crippen molar-refractivity contribution in [1.29, 1.82) is 0 Å². The van der Waals surface area contributed by atoms with Crippen LogP contribution in [0.5, 0.6) is 0 Å². The molecule has 2 aliphatic carbocycles. The van der Waals surface area contributed by atoms with Crippen LogP contribution in [0.2, 0.25) is 0 Å². The smallest absolute Gasteiger partial charge is 0.305 e. The Hall–Kier alpha value is -5.05. The van der Waals surface area contributed by atoms with E-state index in [2.05, 4.69) is 28.8 Å². The van der Waals surface area contributed by atoms with Gasteiger partial charge in [-0.05, 0) is 103 Å². The number of aliphatic carboxylic acids is 1. The quantitative estimate of drug-likeness (QED) is 0.219. The number of carbonyl (C=O) groups excluding carboxylic acids is 4. The summed E-state index contributed by atoms with van der Waals surface area (Å²) in [5.41, 5.74) is 5.65. The average molecular weight is 620 g/mol. The van der Waals surface area contributed by atoms with Gasteiger partial charge in [0.25, 0.3) is 17.7 Å². The van der Waals surface area contributed by atoms with Crippen LogP contribution in [0.3, 0.4) is 0 Å². The molecule has 1 saturated carbocycles. The number of amides is 4. The van der Waals surface area contributed by atoms with Crippen LogP contribution >= 0.6 is 0 Å². The lowest BCUT2D eigenvalue weighted by Gasteiger charge is -2.19. The zero-order chi connectivity index (χ0) is 32.2. The van der Waals surface area contributed by atoms with Crippen molar-refractivity contribution in [1.82, 2.24) is 10.2 Å². The van der Waals surface area contributed by atoms with Crippen LogP contribution in [-0.2, 0) is 16.0 Å². The summed E-state index contributed by atoms with van der Waals surface area (Å²) in [5.74, 6) is -2.42. The molecule has 236 valence electrons. The molecule has 9 heteroatoms. The van der Waals surface area contributed by atoms with E-state index in [0.29, 0.717) is 41.3 Å². The highest BCUT2D eigenvalue weighted by atomic mass is 16.4. The Balaban J connectivity index is 1.21. The number of carboxylic acid groups (broad SMARTS) is 1. The first-order valence-corrected chi connectivity index (χ1v) is 16.0. The Morgan fingerprint density at radius 3 is 2.30 bits per heavy atom. The SMILES string of the molecule is O=C(O)CCNC(=O)c1ccc(CC(C(=O)Nc2ccc3c(c2)C(=O)N(CC2CC2)C3=O)c2ccc(C3=CCCCC3)cc2)cc1. The fourth-order valence-corrected chi connectivity index (χ4v) is 6.13. The molecular weight excluding hydrogens is 582 g/mol. The Bertz CT molecular complexity index is 1710.